The highest BCUT2D eigenvalue weighted by atomic mass is 16.4. The average Bonchev–Trinajstić information content (AvgIpc) is 2.75. The molecule has 3 heterocycles. The van der Waals surface area contributed by atoms with Crippen molar-refractivity contribution in [1.82, 2.24) is 19.9 Å². The number of carbonyl (C=O) groups is 1. The number of benzene rings is 1. The predicted molar refractivity (Wildman–Crippen MR) is 112 cm³/mol. The molecule has 3 aromatic rings. The molecule has 0 bridgehead atoms. The maximum Gasteiger partial charge on any atom is 0.317 e. The molecule has 0 radical (unpaired) electrons. The van der Waals surface area contributed by atoms with Crippen LogP contribution in [0.25, 0.3) is 22.6 Å². The molecule has 0 unspecified atom stereocenters. The summed E-state index contributed by atoms with van der Waals surface area (Å²) in [5.41, 5.74) is 3.92. The highest BCUT2D eigenvalue weighted by molar-refractivity contribution is 5.69. The van der Waals surface area contributed by atoms with Crippen LogP contribution in [-0.4, -0.2) is 63.7 Å². The van der Waals surface area contributed by atoms with Crippen molar-refractivity contribution in [3.8, 4) is 22.6 Å². The zero-order valence-corrected chi connectivity index (χ0v) is 16.3. The molecule has 1 saturated heterocycles. The third kappa shape index (κ3) is 4.57. The Morgan fingerprint density at radius 2 is 1.79 bits per heavy atom. The van der Waals surface area contributed by atoms with Crippen molar-refractivity contribution in [3.63, 3.8) is 0 Å². The Hall–Kier alpha value is -3.32. The Labute approximate surface area is 169 Å². The van der Waals surface area contributed by atoms with Gasteiger partial charge in [-0.15, -0.1) is 0 Å². The number of anilines is 1. The van der Waals surface area contributed by atoms with Crippen LogP contribution in [0.2, 0.25) is 0 Å². The van der Waals surface area contributed by atoms with E-state index in [-0.39, 0.29) is 6.54 Å². The van der Waals surface area contributed by atoms with Crippen molar-refractivity contribution < 1.29 is 9.90 Å². The standard InChI is InChI=1S/C22H23N5O2/c1-16-4-6-17(7-5-16)22-24-19(18-3-2-8-23-14-18)13-20(25-22)27-11-9-26(10-12-27)15-21(28)29/h2-8,13-14H,9-12,15H2,1H3,(H,28,29). The molecule has 2 aromatic heterocycles. The van der Waals surface area contributed by atoms with Gasteiger partial charge in [-0.25, -0.2) is 9.97 Å². The Morgan fingerprint density at radius 3 is 2.45 bits per heavy atom. The Morgan fingerprint density at radius 1 is 1.03 bits per heavy atom. The zero-order valence-electron chi connectivity index (χ0n) is 16.3. The first-order valence-corrected chi connectivity index (χ1v) is 9.64. The summed E-state index contributed by atoms with van der Waals surface area (Å²) in [5.74, 6) is 0.736. The maximum atomic E-state index is 11.0. The van der Waals surface area contributed by atoms with E-state index in [4.69, 9.17) is 15.1 Å². The van der Waals surface area contributed by atoms with Gasteiger partial charge in [0, 0.05) is 55.8 Å². The van der Waals surface area contributed by atoms with Crippen LogP contribution in [0.3, 0.4) is 0 Å². The number of hydrogen-bond acceptors (Lipinski definition) is 6. The number of rotatable bonds is 5. The molecular weight excluding hydrogens is 366 g/mol. The van der Waals surface area contributed by atoms with Gasteiger partial charge in [-0.1, -0.05) is 29.8 Å². The van der Waals surface area contributed by atoms with Crippen LogP contribution in [0.1, 0.15) is 5.56 Å². The van der Waals surface area contributed by atoms with Crippen LogP contribution in [0, 0.1) is 6.92 Å². The van der Waals surface area contributed by atoms with Crippen LogP contribution in [-0.2, 0) is 4.79 Å². The third-order valence-electron chi connectivity index (χ3n) is 5.03. The van der Waals surface area contributed by atoms with Crippen molar-refractivity contribution in [2.75, 3.05) is 37.6 Å². The first-order chi connectivity index (χ1) is 14.1. The van der Waals surface area contributed by atoms with Crippen LogP contribution in [0.5, 0.6) is 0 Å². The van der Waals surface area contributed by atoms with E-state index in [9.17, 15) is 4.79 Å². The van der Waals surface area contributed by atoms with E-state index in [1.165, 1.54) is 5.56 Å². The van der Waals surface area contributed by atoms with Crippen LogP contribution >= 0.6 is 0 Å². The number of hydrogen-bond donors (Lipinski definition) is 1. The molecule has 29 heavy (non-hydrogen) atoms. The molecule has 4 rings (SSSR count). The summed E-state index contributed by atoms with van der Waals surface area (Å²) in [4.78, 5) is 28.9. The second kappa shape index (κ2) is 8.36. The topological polar surface area (TPSA) is 82.5 Å². The molecule has 0 amide bonds. The third-order valence-corrected chi connectivity index (χ3v) is 5.03. The van der Waals surface area contributed by atoms with Gasteiger partial charge in [-0.3, -0.25) is 14.7 Å². The fourth-order valence-electron chi connectivity index (χ4n) is 3.42. The van der Waals surface area contributed by atoms with E-state index in [1.54, 1.807) is 12.4 Å². The van der Waals surface area contributed by atoms with Crippen molar-refractivity contribution in [1.29, 1.82) is 0 Å². The summed E-state index contributed by atoms with van der Waals surface area (Å²) in [7, 11) is 0. The lowest BCUT2D eigenvalue weighted by Crippen LogP contribution is -2.48. The molecule has 1 N–H and O–H groups in total. The number of aryl methyl sites for hydroxylation is 1. The SMILES string of the molecule is Cc1ccc(-c2nc(-c3cccnc3)cc(N3CCN(CC(=O)O)CC3)n2)cc1. The molecule has 0 aliphatic carbocycles. The molecule has 0 saturated carbocycles. The minimum Gasteiger partial charge on any atom is -0.480 e. The fraction of sp³-hybridized carbons (Fsp3) is 0.273. The van der Waals surface area contributed by atoms with Crippen LogP contribution in [0.15, 0.2) is 54.9 Å². The van der Waals surface area contributed by atoms with Crippen molar-refractivity contribution >= 4 is 11.8 Å². The normalized spacial score (nSPS) is 14.7. The van der Waals surface area contributed by atoms with Gasteiger partial charge in [0.1, 0.15) is 5.82 Å². The smallest absolute Gasteiger partial charge is 0.317 e. The van der Waals surface area contributed by atoms with Gasteiger partial charge in [-0.05, 0) is 19.1 Å². The number of carboxylic acids is 1. The van der Waals surface area contributed by atoms with Gasteiger partial charge in [-0.2, -0.15) is 0 Å². The highest BCUT2D eigenvalue weighted by Gasteiger charge is 2.21. The molecule has 148 valence electrons. The summed E-state index contributed by atoms with van der Waals surface area (Å²) < 4.78 is 0. The molecule has 7 nitrogen and oxygen atoms in total. The highest BCUT2D eigenvalue weighted by Crippen LogP contribution is 2.26. The summed E-state index contributed by atoms with van der Waals surface area (Å²) in [5, 5.41) is 9.01. The van der Waals surface area contributed by atoms with Gasteiger partial charge in [0.05, 0.1) is 12.2 Å². The van der Waals surface area contributed by atoms with Gasteiger partial charge >= 0.3 is 5.97 Å². The molecule has 1 aliphatic heterocycles. The van der Waals surface area contributed by atoms with Gasteiger partial charge < -0.3 is 10.0 Å². The van der Waals surface area contributed by atoms with E-state index >= 15 is 0 Å². The minimum absolute atomic E-state index is 0.0766. The molecule has 0 spiro atoms. The quantitative estimate of drug-likeness (QED) is 0.718. The summed E-state index contributed by atoms with van der Waals surface area (Å²) >= 11 is 0. The lowest BCUT2D eigenvalue weighted by Gasteiger charge is -2.34. The van der Waals surface area contributed by atoms with E-state index in [1.807, 2.05) is 35.2 Å². The Balaban J connectivity index is 1.67. The Bertz CT molecular complexity index is 984. The van der Waals surface area contributed by atoms with E-state index in [0.717, 1.165) is 35.7 Å². The Kier molecular flexibility index (Phi) is 5.48. The van der Waals surface area contributed by atoms with E-state index in [2.05, 4.69) is 28.9 Å². The number of piperazine rings is 1. The first kappa shape index (κ1) is 19.0. The first-order valence-electron chi connectivity index (χ1n) is 9.64. The molecular formula is C22H23N5O2. The van der Waals surface area contributed by atoms with Gasteiger partial charge in [0.15, 0.2) is 5.82 Å². The number of carboxylic acid groups (broad SMARTS) is 1. The molecule has 1 fully saturated rings. The second-order valence-electron chi connectivity index (χ2n) is 7.20. The van der Waals surface area contributed by atoms with E-state index < -0.39 is 5.97 Å². The second-order valence-corrected chi connectivity index (χ2v) is 7.20. The lowest BCUT2D eigenvalue weighted by atomic mass is 10.1. The van der Waals surface area contributed by atoms with Crippen molar-refractivity contribution in [3.05, 3.63) is 60.4 Å². The van der Waals surface area contributed by atoms with Gasteiger partial charge in [0.25, 0.3) is 0 Å². The minimum atomic E-state index is -0.791. The van der Waals surface area contributed by atoms with Crippen molar-refractivity contribution in [2.24, 2.45) is 0 Å². The fourth-order valence-corrected chi connectivity index (χ4v) is 3.42. The average molecular weight is 389 g/mol. The molecule has 1 aliphatic rings. The van der Waals surface area contributed by atoms with E-state index in [0.29, 0.717) is 18.9 Å². The van der Waals surface area contributed by atoms with Crippen LogP contribution < -0.4 is 4.90 Å². The molecule has 1 aromatic carbocycles. The monoisotopic (exact) mass is 389 g/mol. The number of aromatic nitrogens is 3. The zero-order chi connectivity index (χ0) is 20.2. The lowest BCUT2D eigenvalue weighted by molar-refractivity contribution is -0.138. The summed E-state index contributed by atoms with van der Waals surface area (Å²) in [6.07, 6.45) is 3.55. The number of nitrogens with zero attached hydrogens (tertiary/aromatic N) is 5. The van der Waals surface area contributed by atoms with Crippen molar-refractivity contribution in [2.45, 2.75) is 6.92 Å². The summed E-state index contributed by atoms with van der Waals surface area (Å²) in [6, 6.07) is 14.1. The number of aliphatic carboxylic acids is 1. The van der Waals surface area contributed by atoms with Crippen LogP contribution in [0.4, 0.5) is 5.82 Å². The van der Waals surface area contributed by atoms with Gasteiger partial charge in [0.2, 0.25) is 0 Å². The summed E-state index contributed by atoms with van der Waals surface area (Å²) in [6.45, 7) is 4.97. The molecule has 0 atom stereocenters. The maximum absolute atomic E-state index is 11.0. The number of pyridine rings is 1. The predicted octanol–water partition coefficient (Wildman–Crippen LogP) is 2.72. The molecule has 7 heteroatoms. The largest absolute Gasteiger partial charge is 0.480 e.